The molecular formula is C44H28O. The summed E-state index contributed by atoms with van der Waals surface area (Å²) in [6, 6.07) is 27.7. The summed E-state index contributed by atoms with van der Waals surface area (Å²) in [5, 5.41) is 2.93. The highest BCUT2D eigenvalue weighted by Crippen LogP contribution is 2.47. The Morgan fingerprint density at radius 1 is 0.378 bits per heavy atom. The second-order valence-electron chi connectivity index (χ2n) is 10.8. The molecule has 0 saturated carbocycles. The third kappa shape index (κ3) is 4.09. The number of rotatable bonds is 4. The molecule has 0 spiro atoms. The first kappa shape index (κ1) is 16.8. The minimum absolute atomic E-state index is 0.0635. The van der Waals surface area contributed by atoms with Gasteiger partial charge in [-0.3, -0.25) is 0 Å². The molecular weight excluding hydrogens is 544 g/mol. The minimum atomic E-state index is -0.656. The second kappa shape index (κ2) is 10.4. The van der Waals surface area contributed by atoms with Gasteiger partial charge in [0.1, 0.15) is 11.2 Å². The van der Waals surface area contributed by atoms with Crippen LogP contribution in [-0.4, -0.2) is 0 Å². The first-order valence-electron chi connectivity index (χ1n) is 20.1. The van der Waals surface area contributed by atoms with E-state index in [1.165, 1.54) is 0 Å². The molecule has 0 aliphatic heterocycles. The van der Waals surface area contributed by atoms with Gasteiger partial charge < -0.3 is 4.42 Å². The fraction of sp³-hybridized carbons (Fsp3) is 0. The summed E-state index contributed by atoms with van der Waals surface area (Å²) in [5.41, 5.74) is 3.37. The molecule has 0 atom stereocenters. The minimum Gasteiger partial charge on any atom is -0.456 e. The van der Waals surface area contributed by atoms with E-state index in [1.54, 1.807) is 0 Å². The molecule has 0 aliphatic carbocycles. The molecule has 0 N–H and O–H groups in total. The first-order chi connectivity index (χ1) is 26.9. The average molecular weight is 584 g/mol. The predicted octanol–water partition coefficient (Wildman–Crippen LogP) is 12.6. The van der Waals surface area contributed by atoms with E-state index in [9.17, 15) is 4.11 Å². The van der Waals surface area contributed by atoms with Gasteiger partial charge in [-0.05, 0) is 84.2 Å². The largest absolute Gasteiger partial charge is 0.456 e. The Hall–Kier alpha value is -5.92. The van der Waals surface area contributed by atoms with Gasteiger partial charge in [-0.25, -0.2) is 0 Å². The monoisotopic (exact) mass is 583 g/mol. The maximum Gasteiger partial charge on any atom is 0.136 e. The van der Waals surface area contributed by atoms with Crippen LogP contribution in [-0.2, 0) is 0 Å². The lowest BCUT2D eigenvalue weighted by Crippen LogP contribution is -1.92. The molecule has 0 radical (unpaired) electrons. The molecule has 0 unspecified atom stereocenters. The number of fused-ring (bicyclic) bond motifs is 5. The molecule has 1 nitrogen and oxygen atoms in total. The van der Waals surface area contributed by atoms with Crippen LogP contribution in [0.1, 0.15) is 15.1 Å². The topological polar surface area (TPSA) is 13.1 Å². The predicted molar refractivity (Wildman–Crippen MR) is 190 cm³/mol. The molecule has 8 aromatic carbocycles. The highest BCUT2D eigenvalue weighted by atomic mass is 16.3. The van der Waals surface area contributed by atoms with E-state index < -0.39 is 54.4 Å². The van der Waals surface area contributed by atoms with Crippen molar-refractivity contribution in [1.82, 2.24) is 0 Å². The standard InChI is InChI=1S/C44H28O/c1-3-14-29(15-4-1)32-18-7-8-19-34(32)43-37-22-11-9-20-35(37)42(36-21-10-12-23-38(36)43)31-26-27-40-39(28-31)44-33(24-13-25-41(44)45-40)30-16-5-2-6-17-30/h1-28H/i2D,5D,6D,13D,16D,17D,24D,25D,26D,27D,28D. The third-order valence-electron chi connectivity index (χ3n) is 8.29. The van der Waals surface area contributed by atoms with Crippen molar-refractivity contribution in [1.29, 1.82) is 0 Å². The van der Waals surface area contributed by atoms with Gasteiger partial charge in [0, 0.05) is 10.8 Å². The van der Waals surface area contributed by atoms with Crippen molar-refractivity contribution in [3.05, 3.63) is 170 Å². The van der Waals surface area contributed by atoms with Gasteiger partial charge in [0.25, 0.3) is 0 Å². The van der Waals surface area contributed by atoms with Crippen LogP contribution in [0.2, 0.25) is 0 Å². The Kier molecular flexibility index (Phi) is 3.87. The van der Waals surface area contributed by atoms with Crippen molar-refractivity contribution in [2.24, 2.45) is 0 Å². The van der Waals surface area contributed by atoms with Crippen molar-refractivity contribution in [3.8, 4) is 44.5 Å². The maximum atomic E-state index is 9.88. The Morgan fingerprint density at radius 2 is 1.00 bits per heavy atom. The third-order valence-corrected chi connectivity index (χ3v) is 8.29. The van der Waals surface area contributed by atoms with Gasteiger partial charge in [-0.2, -0.15) is 0 Å². The fourth-order valence-corrected chi connectivity index (χ4v) is 6.40. The summed E-state index contributed by atoms with van der Waals surface area (Å²) in [5.74, 6) is 0. The van der Waals surface area contributed by atoms with Crippen molar-refractivity contribution in [2.45, 2.75) is 0 Å². The van der Waals surface area contributed by atoms with E-state index in [0.717, 1.165) is 33.0 Å². The molecule has 0 aliphatic rings. The molecule has 210 valence electrons. The van der Waals surface area contributed by atoms with Gasteiger partial charge in [-0.15, -0.1) is 0 Å². The highest BCUT2D eigenvalue weighted by molar-refractivity contribution is 6.23. The van der Waals surface area contributed by atoms with Crippen molar-refractivity contribution in [3.63, 3.8) is 0 Å². The van der Waals surface area contributed by atoms with Crippen LogP contribution in [0.3, 0.4) is 0 Å². The molecule has 0 fully saturated rings. The lowest BCUT2D eigenvalue weighted by Gasteiger charge is -2.19. The van der Waals surface area contributed by atoms with E-state index in [2.05, 4.69) is 24.3 Å². The quantitative estimate of drug-likeness (QED) is 0.188. The Balaban J connectivity index is 1.46. The highest BCUT2D eigenvalue weighted by Gasteiger charge is 2.20. The van der Waals surface area contributed by atoms with Gasteiger partial charge in [0.05, 0.1) is 15.1 Å². The van der Waals surface area contributed by atoms with Crippen LogP contribution < -0.4 is 0 Å². The summed E-state index contributed by atoms with van der Waals surface area (Å²) >= 11 is 0. The van der Waals surface area contributed by atoms with Gasteiger partial charge in [0.2, 0.25) is 0 Å². The maximum absolute atomic E-state index is 9.88. The molecule has 0 saturated heterocycles. The van der Waals surface area contributed by atoms with Gasteiger partial charge in [0.15, 0.2) is 0 Å². The molecule has 9 aromatic rings. The Labute approximate surface area is 277 Å². The van der Waals surface area contributed by atoms with Crippen LogP contribution in [0.25, 0.3) is 88.0 Å². The zero-order valence-corrected chi connectivity index (χ0v) is 23.7. The van der Waals surface area contributed by atoms with E-state index >= 15 is 0 Å². The van der Waals surface area contributed by atoms with Crippen LogP contribution in [0.15, 0.2) is 174 Å². The summed E-state index contributed by atoms with van der Waals surface area (Å²) in [6.45, 7) is 0. The molecule has 1 heteroatoms. The van der Waals surface area contributed by atoms with Crippen molar-refractivity contribution in [2.75, 3.05) is 0 Å². The Bertz CT molecular complexity index is 3070. The zero-order valence-electron chi connectivity index (χ0n) is 34.7. The summed E-state index contributed by atoms with van der Waals surface area (Å²) < 4.78 is 104. The van der Waals surface area contributed by atoms with E-state index in [-0.39, 0.29) is 50.7 Å². The van der Waals surface area contributed by atoms with Crippen molar-refractivity contribution < 1.29 is 19.5 Å². The molecule has 1 aromatic heterocycles. The fourth-order valence-electron chi connectivity index (χ4n) is 6.40. The SMILES string of the molecule is [2H]c1c([2H])c([2H])c(-c2c([2H])c([2H])c([2H])c3oc4c([2H])c([2H])c(-c5c6ccccc6c(-c6ccccc6-c6ccccc6)c6ccccc56)c([2H])c4c23)c([2H])c1[2H]. The number of hydrogen-bond acceptors (Lipinski definition) is 1. The normalized spacial score (nSPS) is 15.0. The first-order valence-corrected chi connectivity index (χ1v) is 14.6. The summed E-state index contributed by atoms with van der Waals surface area (Å²) in [4.78, 5) is 0. The van der Waals surface area contributed by atoms with Gasteiger partial charge >= 0.3 is 0 Å². The van der Waals surface area contributed by atoms with Gasteiger partial charge in [-0.1, -0.05) is 151 Å². The molecule has 0 bridgehead atoms. The summed E-state index contributed by atoms with van der Waals surface area (Å²) in [7, 11) is 0. The van der Waals surface area contributed by atoms with Crippen LogP contribution >= 0.6 is 0 Å². The van der Waals surface area contributed by atoms with Crippen LogP contribution in [0.4, 0.5) is 0 Å². The van der Waals surface area contributed by atoms with E-state index in [4.69, 9.17) is 15.4 Å². The smallest absolute Gasteiger partial charge is 0.136 e. The number of benzene rings is 8. The average Bonchev–Trinajstić information content (AvgIpc) is 3.63. The van der Waals surface area contributed by atoms with Crippen molar-refractivity contribution >= 4 is 43.5 Å². The molecule has 9 rings (SSSR count). The second-order valence-corrected chi connectivity index (χ2v) is 10.8. The van der Waals surface area contributed by atoms with E-state index in [0.29, 0.717) is 16.3 Å². The summed E-state index contributed by atoms with van der Waals surface area (Å²) in [6.07, 6.45) is 0. The number of hydrogen-bond donors (Lipinski definition) is 0. The Morgan fingerprint density at radius 3 is 1.71 bits per heavy atom. The number of furan rings is 1. The molecule has 0 amide bonds. The molecule has 1 heterocycles. The lowest BCUT2D eigenvalue weighted by atomic mass is 9.83. The van der Waals surface area contributed by atoms with Crippen LogP contribution in [0, 0.1) is 0 Å². The molecule has 45 heavy (non-hydrogen) atoms. The zero-order chi connectivity index (χ0) is 39.3. The van der Waals surface area contributed by atoms with E-state index in [1.807, 2.05) is 78.9 Å². The lowest BCUT2D eigenvalue weighted by molar-refractivity contribution is 0.669. The van der Waals surface area contributed by atoms with Crippen LogP contribution in [0.5, 0.6) is 0 Å².